The van der Waals surface area contributed by atoms with Crippen LogP contribution in [0.25, 0.3) is 0 Å². The van der Waals surface area contributed by atoms with Gasteiger partial charge in [-0.3, -0.25) is 0 Å². The van der Waals surface area contributed by atoms with E-state index in [1.54, 1.807) is 0 Å². The van der Waals surface area contributed by atoms with E-state index in [9.17, 15) is 0 Å². The van der Waals surface area contributed by atoms with E-state index in [4.69, 9.17) is 0 Å². The lowest BCUT2D eigenvalue weighted by Gasteiger charge is -2.31. The van der Waals surface area contributed by atoms with Crippen LogP contribution in [0, 0.1) is 5.92 Å². The Morgan fingerprint density at radius 2 is 1.65 bits per heavy atom. The third-order valence-electron chi connectivity index (χ3n) is 4.94. The van der Waals surface area contributed by atoms with Crippen molar-refractivity contribution in [1.82, 2.24) is 4.90 Å². The smallest absolute Gasteiger partial charge is 0.0363 e. The van der Waals surface area contributed by atoms with Gasteiger partial charge in [-0.15, -0.1) is 0 Å². The predicted octanol–water partition coefficient (Wildman–Crippen LogP) is 5.22. The molecule has 0 radical (unpaired) electrons. The fourth-order valence-corrected chi connectivity index (χ4v) is 3.29. The van der Waals surface area contributed by atoms with Crippen LogP contribution < -0.4 is 4.90 Å². The highest BCUT2D eigenvalue weighted by atomic mass is 15.1. The normalized spacial score (nSPS) is 15.9. The van der Waals surface area contributed by atoms with E-state index in [-0.39, 0.29) is 0 Å². The van der Waals surface area contributed by atoms with Gasteiger partial charge in [-0.1, -0.05) is 46.2 Å². The summed E-state index contributed by atoms with van der Waals surface area (Å²) in [6.07, 6.45) is 6.55. The number of benzene rings is 1. The number of hydrogen-bond donors (Lipinski definition) is 0. The van der Waals surface area contributed by atoms with E-state index in [1.165, 1.54) is 63.0 Å². The van der Waals surface area contributed by atoms with Crippen LogP contribution in [0.4, 0.5) is 5.69 Å². The van der Waals surface area contributed by atoms with Gasteiger partial charge < -0.3 is 9.80 Å². The number of likely N-dealkylation sites (tertiary alicyclic amines) is 1. The van der Waals surface area contributed by atoms with Gasteiger partial charge in [0, 0.05) is 25.8 Å². The van der Waals surface area contributed by atoms with Gasteiger partial charge in [0.2, 0.25) is 0 Å². The van der Waals surface area contributed by atoms with Gasteiger partial charge in [-0.2, -0.15) is 0 Å². The monoisotopic (exact) mass is 318 g/mol. The van der Waals surface area contributed by atoms with Crippen LogP contribution in [-0.2, 0) is 6.42 Å². The molecule has 0 saturated carbocycles. The molecule has 2 rings (SSSR count). The third kappa shape index (κ3) is 6.95. The predicted molar refractivity (Wildman–Crippen MR) is 105 cm³/mol. The molecule has 1 saturated heterocycles. The lowest BCUT2D eigenvalue weighted by Crippen LogP contribution is -2.34. The van der Waals surface area contributed by atoms with Crippen molar-refractivity contribution in [3.05, 3.63) is 29.8 Å². The molecule has 0 amide bonds. The molecule has 1 heterocycles. The second-order valence-electron chi connectivity index (χ2n) is 6.53. The molecule has 1 aliphatic heterocycles. The van der Waals surface area contributed by atoms with Gasteiger partial charge in [-0.05, 0) is 62.4 Å². The zero-order chi connectivity index (χ0) is 17.1. The number of hydrogen-bond acceptors (Lipinski definition) is 2. The van der Waals surface area contributed by atoms with E-state index >= 15 is 0 Å². The highest BCUT2D eigenvalue weighted by Crippen LogP contribution is 2.20. The van der Waals surface area contributed by atoms with Crippen molar-refractivity contribution in [3.8, 4) is 0 Å². The van der Waals surface area contributed by atoms with Gasteiger partial charge in [0.05, 0.1) is 0 Å². The van der Waals surface area contributed by atoms with Crippen LogP contribution >= 0.6 is 0 Å². The van der Waals surface area contributed by atoms with Crippen molar-refractivity contribution < 1.29 is 0 Å². The Morgan fingerprint density at radius 1 is 1.04 bits per heavy atom. The Labute approximate surface area is 144 Å². The standard InChI is InChI=1S/C19H32N2.C2H6/c1-4-13-20(3)19-8-6-18(7-9-19)12-16-21-14-10-17(5-2)11-15-21;1-2/h6-9,17H,4-5,10-16H2,1-3H3;1-2H3. The topological polar surface area (TPSA) is 6.48 Å². The minimum Gasteiger partial charge on any atom is -0.375 e. The van der Waals surface area contributed by atoms with Gasteiger partial charge in [-0.25, -0.2) is 0 Å². The molecule has 2 heteroatoms. The Morgan fingerprint density at radius 3 is 2.17 bits per heavy atom. The van der Waals surface area contributed by atoms with Crippen LogP contribution in [0.3, 0.4) is 0 Å². The SMILES string of the molecule is CC.CCCN(C)c1ccc(CCN2CCC(CC)CC2)cc1. The summed E-state index contributed by atoms with van der Waals surface area (Å²) in [7, 11) is 2.18. The van der Waals surface area contributed by atoms with Crippen molar-refractivity contribution >= 4 is 5.69 Å². The van der Waals surface area contributed by atoms with E-state index in [0.29, 0.717) is 0 Å². The Balaban J connectivity index is 0.00000127. The lowest BCUT2D eigenvalue weighted by atomic mass is 9.94. The second-order valence-corrected chi connectivity index (χ2v) is 6.53. The molecule has 132 valence electrons. The van der Waals surface area contributed by atoms with E-state index < -0.39 is 0 Å². The van der Waals surface area contributed by atoms with Crippen LogP contribution in [0.15, 0.2) is 24.3 Å². The summed E-state index contributed by atoms with van der Waals surface area (Å²) in [4.78, 5) is 4.97. The lowest BCUT2D eigenvalue weighted by molar-refractivity contribution is 0.184. The van der Waals surface area contributed by atoms with Gasteiger partial charge in [0.25, 0.3) is 0 Å². The molecule has 1 fully saturated rings. The second kappa shape index (κ2) is 11.5. The highest BCUT2D eigenvalue weighted by molar-refractivity contribution is 5.46. The fraction of sp³-hybridized carbons (Fsp3) is 0.714. The van der Waals surface area contributed by atoms with Crippen molar-refractivity contribution in [2.45, 2.75) is 59.8 Å². The van der Waals surface area contributed by atoms with Crippen LogP contribution in [0.5, 0.6) is 0 Å². The largest absolute Gasteiger partial charge is 0.375 e. The number of anilines is 1. The maximum absolute atomic E-state index is 2.64. The Hall–Kier alpha value is -1.02. The first-order valence-corrected chi connectivity index (χ1v) is 9.75. The number of nitrogens with zero attached hydrogens (tertiary/aromatic N) is 2. The van der Waals surface area contributed by atoms with E-state index in [2.05, 4.69) is 55.0 Å². The maximum Gasteiger partial charge on any atom is 0.0363 e. The average Bonchev–Trinajstić information content (AvgIpc) is 2.63. The van der Waals surface area contributed by atoms with Crippen molar-refractivity contribution in [2.24, 2.45) is 5.92 Å². The Kier molecular flexibility index (Phi) is 10.0. The molecule has 0 spiro atoms. The van der Waals surface area contributed by atoms with Crippen molar-refractivity contribution in [2.75, 3.05) is 38.1 Å². The van der Waals surface area contributed by atoms with Crippen molar-refractivity contribution in [3.63, 3.8) is 0 Å². The summed E-state index contributed by atoms with van der Waals surface area (Å²) >= 11 is 0. The minimum absolute atomic E-state index is 0.981. The minimum atomic E-state index is 0.981. The summed E-state index contributed by atoms with van der Waals surface area (Å²) < 4.78 is 0. The van der Waals surface area contributed by atoms with Crippen LogP contribution in [0.2, 0.25) is 0 Å². The first-order valence-electron chi connectivity index (χ1n) is 9.75. The molecule has 0 aromatic heterocycles. The van der Waals surface area contributed by atoms with Gasteiger partial charge >= 0.3 is 0 Å². The average molecular weight is 319 g/mol. The Bertz CT molecular complexity index is 391. The van der Waals surface area contributed by atoms with Crippen LogP contribution in [0.1, 0.15) is 58.9 Å². The summed E-state index contributed by atoms with van der Waals surface area (Å²) in [5.41, 5.74) is 2.81. The van der Waals surface area contributed by atoms with E-state index in [0.717, 1.165) is 12.5 Å². The molecule has 1 aromatic carbocycles. The molecule has 2 nitrogen and oxygen atoms in total. The maximum atomic E-state index is 2.64. The summed E-state index contributed by atoms with van der Waals surface area (Å²) in [5.74, 6) is 0.981. The summed E-state index contributed by atoms with van der Waals surface area (Å²) in [5, 5.41) is 0. The van der Waals surface area contributed by atoms with E-state index in [1.807, 2.05) is 13.8 Å². The van der Waals surface area contributed by atoms with Gasteiger partial charge in [0.15, 0.2) is 0 Å². The number of rotatable bonds is 7. The number of piperidine rings is 1. The molecule has 0 N–H and O–H groups in total. The molecule has 0 atom stereocenters. The summed E-state index contributed by atoms with van der Waals surface area (Å²) in [6.45, 7) is 13.5. The third-order valence-corrected chi connectivity index (χ3v) is 4.94. The molecular formula is C21H38N2. The highest BCUT2D eigenvalue weighted by Gasteiger charge is 2.17. The zero-order valence-electron chi connectivity index (χ0n) is 16.1. The van der Waals surface area contributed by atoms with Crippen LogP contribution in [-0.4, -0.2) is 38.1 Å². The molecule has 0 unspecified atom stereocenters. The molecule has 0 aliphatic carbocycles. The molecule has 0 bridgehead atoms. The van der Waals surface area contributed by atoms with Gasteiger partial charge in [0.1, 0.15) is 0 Å². The summed E-state index contributed by atoms with van der Waals surface area (Å²) in [6, 6.07) is 9.16. The first-order chi connectivity index (χ1) is 11.2. The molecule has 1 aliphatic rings. The zero-order valence-corrected chi connectivity index (χ0v) is 16.1. The molecular weight excluding hydrogens is 280 g/mol. The quantitative estimate of drug-likeness (QED) is 0.680. The van der Waals surface area contributed by atoms with Crippen molar-refractivity contribution in [1.29, 1.82) is 0 Å². The molecule has 1 aromatic rings. The molecule has 23 heavy (non-hydrogen) atoms. The fourth-order valence-electron chi connectivity index (χ4n) is 3.29. The first kappa shape index (κ1) is 20.0.